The number of fused-ring (bicyclic) bond motifs is 5. The van der Waals surface area contributed by atoms with E-state index in [0.717, 1.165) is 27.6 Å². The van der Waals surface area contributed by atoms with E-state index in [4.69, 9.17) is 4.98 Å². The highest BCUT2D eigenvalue weighted by Gasteiger charge is 2.11. The van der Waals surface area contributed by atoms with Crippen LogP contribution in [0.15, 0.2) is 72.9 Å². The van der Waals surface area contributed by atoms with Crippen molar-refractivity contribution in [1.82, 2.24) is 14.8 Å². The Bertz CT molecular complexity index is 1120. The lowest BCUT2D eigenvalue weighted by Crippen LogP contribution is -1.94. The molecule has 0 spiro atoms. The molecule has 22 heavy (non-hydrogen) atoms. The molecular formula is C19H13N3. The average Bonchev–Trinajstić information content (AvgIpc) is 3.16. The molecule has 1 N–H and O–H groups in total. The van der Waals surface area contributed by atoms with Crippen molar-refractivity contribution >= 4 is 32.7 Å². The molecular weight excluding hydrogens is 270 g/mol. The minimum absolute atomic E-state index is 1.05. The molecule has 0 aliphatic heterocycles. The molecule has 3 heteroatoms. The quantitative estimate of drug-likeness (QED) is 0.477. The van der Waals surface area contributed by atoms with Gasteiger partial charge in [0, 0.05) is 22.4 Å². The zero-order valence-corrected chi connectivity index (χ0v) is 11.8. The van der Waals surface area contributed by atoms with Crippen LogP contribution >= 0.6 is 0 Å². The highest BCUT2D eigenvalue weighted by molar-refractivity contribution is 6.16. The maximum Gasteiger partial charge on any atom is 0.0825 e. The number of rotatable bonds is 1. The molecule has 0 unspecified atom stereocenters. The van der Waals surface area contributed by atoms with Crippen LogP contribution in [0.5, 0.6) is 0 Å². The highest BCUT2D eigenvalue weighted by Crippen LogP contribution is 2.31. The molecule has 0 aliphatic carbocycles. The summed E-state index contributed by atoms with van der Waals surface area (Å²) in [4.78, 5) is 4.82. The van der Waals surface area contributed by atoms with Crippen molar-refractivity contribution in [2.24, 2.45) is 0 Å². The molecule has 0 fully saturated rings. The van der Waals surface area contributed by atoms with E-state index in [1.165, 1.54) is 10.8 Å². The predicted octanol–water partition coefficient (Wildman–Crippen LogP) is 4.66. The van der Waals surface area contributed by atoms with Gasteiger partial charge in [-0.15, -0.1) is 0 Å². The van der Waals surface area contributed by atoms with E-state index in [0.29, 0.717) is 0 Å². The van der Waals surface area contributed by atoms with Gasteiger partial charge in [0.1, 0.15) is 0 Å². The van der Waals surface area contributed by atoms with Crippen LogP contribution in [0.4, 0.5) is 0 Å². The molecule has 0 bridgehead atoms. The fourth-order valence-electron chi connectivity index (χ4n) is 3.18. The van der Waals surface area contributed by atoms with E-state index in [-0.39, 0.29) is 0 Å². The smallest absolute Gasteiger partial charge is 0.0825 e. The van der Waals surface area contributed by atoms with Crippen LogP contribution in [0.1, 0.15) is 0 Å². The largest absolute Gasteiger partial charge is 0.300 e. The molecule has 0 radical (unpaired) electrons. The van der Waals surface area contributed by atoms with Gasteiger partial charge in [-0.05, 0) is 30.3 Å². The molecule has 104 valence electrons. The summed E-state index contributed by atoms with van der Waals surface area (Å²) in [5.41, 5.74) is 4.37. The summed E-state index contributed by atoms with van der Waals surface area (Å²) in [6, 6.07) is 22.9. The minimum Gasteiger partial charge on any atom is -0.300 e. The zero-order chi connectivity index (χ0) is 14.5. The lowest BCUT2D eigenvalue weighted by Gasteiger charge is -2.04. The molecule has 2 heterocycles. The molecule has 5 rings (SSSR count). The summed E-state index contributed by atoms with van der Waals surface area (Å²) >= 11 is 0. The SMILES string of the molecule is c1ccc(-n2[nH]cc3c4nc5ccccc5c4ccc32)cc1. The fraction of sp³-hybridized carbons (Fsp3) is 0. The number of hydrogen-bond donors (Lipinski definition) is 1. The van der Waals surface area contributed by atoms with Gasteiger partial charge < -0.3 is 5.10 Å². The topological polar surface area (TPSA) is 33.6 Å². The monoisotopic (exact) mass is 283 g/mol. The van der Waals surface area contributed by atoms with Crippen LogP contribution in [0.2, 0.25) is 0 Å². The number of H-pyrrole nitrogens is 1. The molecule has 0 atom stereocenters. The molecule has 0 aliphatic rings. The summed E-state index contributed by atoms with van der Waals surface area (Å²) in [5, 5.41) is 6.92. The maximum absolute atomic E-state index is 4.82. The van der Waals surface area contributed by atoms with Crippen molar-refractivity contribution in [2.75, 3.05) is 0 Å². The van der Waals surface area contributed by atoms with Crippen molar-refractivity contribution in [1.29, 1.82) is 0 Å². The van der Waals surface area contributed by atoms with Crippen LogP contribution in [0, 0.1) is 0 Å². The summed E-state index contributed by atoms with van der Waals surface area (Å²) in [7, 11) is 0. The highest BCUT2D eigenvalue weighted by atomic mass is 15.3. The first-order chi connectivity index (χ1) is 10.9. The van der Waals surface area contributed by atoms with Crippen molar-refractivity contribution in [2.45, 2.75) is 0 Å². The van der Waals surface area contributed by atoms with Gasteiger partial charge in [-0.3, -0.25) is 4.68 Å². The average molecular weight is 283 g/mol. The first-order valence-electron chi connectivity index (χ1n) is 7.34. The Labute approximate surface area is 126 Å². The zero-order valence-electron chi connectivity index (χ0n) is 11.8. The van der Waals surface area contributed by atoms with Crippen LogP contribution in [0.25, 0.3) is 38.4 Å². The van der Waals surface area contributed by atoms with E-state index >= 15 is 0 Å². The Morgan fingerprint density at radius 1 is 0.727 bits per heavy atom. The van der Waals surface area contributed by atoms with Crippen molar-refractivity contribution in [3.63, 3.8) is 0 Å². The number of aromatic nitrogens is 3. The van der Waals surface area contributed by atoms with E-state index in [1.807, 2.05) is 30.5 Å². The van der Waals surface area contributed by atoms with Crippen LogP contribution in [-0.2, 0) is 0 Å². The number of nitrogens with one attached hydrogen (secondary N) is 1. The number of aromatic amines is 1. The van der Waals surface area contributed by atoms with Gasteiger partial charge in [0.15, 0.2) is 0 Å². The van der Waals surface area contributed by atoms with Crippen molar-refractivity contribution in [3.05, 3.63) is 72.9 Å². The van der Waals surface area contributed by atoms with E-state index in [2.05, 4.69) is 52.2 Å². The number of benzene rings is 3. The summed E-state index contributed by atoms with van der Waals surface area (Å²) in [6.45, 7) is 0. The second-order valence-corrected chi connectivity index (χ2v) is 5.47. The van der Waals surface area contributed by atoms with Crippen molar-refractivity contribution in [3.8, 4) is 5.69 Å². The van der Waals surface area contributed by atoms with E-state index in [1.54, 1.807) is 0 Å². The Balaban J connectivity index is 1.89. The van der Waals surface area contributed by atoms with Gasteiger partial charge in [0.25, 0.3) is 0 Å². The standard InChI is InChI=1S/C19H13N3/c1-2-6-13(7-3-1)22-18-11-10-15-14-8-4-5-9-17(14)21-19(15)16(18)12-20-22/h1-12,20H. The minimum atomic E-state index is 1.05. The maximum atomic E-state index is 4.82. The fourth-order valence-corrected chi connectivity index (χ4v) is 3.18. The Morgan fingerprint density at radius 2 is 1.55 bits per heavy atom. The first-order valence-corrected chi connectivity index (χ1v) is 7.34. The van der Waals surface area contributed by atoms with Gasteiger partial charge in [0.05, 0.1) is 22.2 Å². The van der Waals surface area contributed by atoms with Gasteiger partial charge in [-0.1, -0.05) is 36.4 Å². The first kappa shape index (κ1) is 11.6. The molecule has 3 nitrogen and oxygen atoms in total. The predicted molar refractivity (Wildman–Crippen MR) is 90.4 cm³/mol. The Morgan fingerprint density at radius 3 is 2.45 bits per heavy atom. The third-order valence-corrected chi connectivity index (χ3v) is 4.21. The molecule has 0 saturated carbocycles. The number of para-hydroxylation sites is 2. The molecule has 3 aromatic carbocycles. The van der Waals surface area contributed by atoms with Gasteiger partial charge in [-0.2, -0.15) is 0 Å². The summed E-state index contributed by atoms with van der Waals surface area (Å²) < 4.78 is 2.09. The Kier molecular flexibility index (Phi) is 2.22. The number of nitrogens with zero attached hydrogens (tertiary/aromatic N) is 2. The van der Waals surface area contributed by atoms with Crippen LogP contribution < -0.4 is 0 Å². The lowest BCUT2D eigenvalue weighted by atomic mass is 10.1. The normalized spacial score (nSPS) is 11.6. The van der Waals surface area contributed by atoms with Crippen molar-refractivity contribution < 1.29 is 0 Å². The molecule has 2 aromatic heterocycles. The summed E-state index contributed by atoms with van der Waals surface area (Å²) in [6.07, 6.45) is 2.04. The van der Waals surface area contributed by atoms with Crippen LogP contribution in [-0.4, -0.2) is 14.8 Å². The number of hydrogen-bond acceptors (Lipinski definition) is 1. The van der Waals surface area contributed by atoms with Gasteiger partial charge in [-0.25, -0.2) is 4.98 Å². The second kappa shape index (κ2) is 4.21. The van der Waals surface area contributed by atoms with Gasteiger partial charge >= 0.3 is 0 Å². The lowest BCUT2D eigenvalue weighted by molar-refractivity contribution is 0.911. The second-order valence-electron chi connectivity index (χ2n) is 5.47. The molecule has 0 saturated heterocycles. The van der Waals surface area contributed by atoms with Crippen LogP contribution in [0.3, 0.4) is 0 Å². The molecule has 5 aromatic rings. The van der Waals surface area contributed by atoms with E-state index in [9.17, 15) is 0 Å². The Hall–Kier alpha value is -3.07. The molecule has 0 amide bonds. The van der Waals surface area contributed by atoms with Gasteiger partial charge in [0.2, 0.25) is 0 Å². The summed E-state index contributed by atoms with van der Waals surface area (Å²) in [5.74, 6) is 0. The third-order valence-electron chi connectivity index (χ3n) is 4.21. The third kappa shape index (κ3) is 1.48. The van der Waals surface area contributed by atoms with E-state index < -0.39 is 0 Å².